The van der Waals surface area contributed by atoms with E-state index < -0.39 is 0 Å². The van der Waals surface area contributed by atoms with E-state index in [0.29, 0.717) is 47.0 Å². The van der Waals surface area contributed by atoms with Crippen LogP contribution in [0.5, 0.6) is 0 Å². The number of amidine groups is 1. The molecular formula is C18H30N9+. The third kappa shape index (κ3) is 3.59. The second kappa shape index (κ2) is 6.80. The lowest BCUT2D eigenvalue weighted by molar-refractivity contribution is -0.893. The third-order valence-electron chi connectivity index (χ3n) is 5.21. The number of hydrogen-bond acceptors (Lipinski definition) is 7. The molecule has 5 N–H and O–H groups in total. The summed E-state index contributed by atoms with van der Waals surface area (Å²) in [6, 6.07) is 2.23. The first-order valence-electron chi connectivity index (χ1n) is 9.24. The van der Waals surface area contributed by atoms with E-state index >= 15 is 0 Å². The van der Waals surface area contributed by atoms with Crippen LogP contribution in [0.2, 0.25) is 0 Å². The number of hydrazone groups is 1. The molecule has 1 atom stereocenters. The largest absolute Gasteiger partial charge is 0.396 e. The first kappa shape index (κ1) is 19.1. The van der Waals surface area contributed by atoms with Crippen molar-refractivity contribution < 1.29 is 4.48 Å². The monoisotopic (exact) mass is 372 g/mol. The van der Waals surface area contributed by atoms with Crippen molar-refractivity contribution in [3.63, 3.8) is 0 Å². The van der Waals surface area contributed by atoms with Gasteiger partial charge in [0.05, 0.1) is 44.8 Å². The molecule has 9 nitrogen and oxygen atoms in total. The van der Waals surface area contributed by atoms with Gasteiger partial charge < -0.3 is 20.9 Å². The van der Waals surface area contributed by atoms with Crippen LogP contribution in [0.4, 0.5) is 23.0 Å². The molecule has 0 radical (unpaired) electrons. The fourth-order valence-electron chi connectivity index (χ4n) is 3.48. The summed E-state index contributed by atoms with van der Waals surface area (Å²) in [6.07, 6.45) is 1.08. The van der Waals surface area contributed by atoms with Gasteiger partial charge in [0.1, 0.15) is 11.8 Å². The van der Waals surface area contributed by atoms with E-state index in [2.05, 4.69) is 41.1 Å². The van der Waals surface area contributed by atoms with E-state index in [9.17, 15) is 0 Å². The number of nitrogens with zero attached hydrogens (tertiary/aromatic N) is 6. The predicted molar refractivity (Wildman–Crippen MR) is 112 cm³/mol. The van der Waals surface area contributed by atoms with Gasteiger partial charge in [-0.2, -0.15) is 5.10 Å². The van der Waals surface area contributed by atoms with Crippen LogP contribution in [-0.2, 0) is 0 Å². The van der Waals surface area contributed by atoms with Gasteiger partial charge in [-0.25, -0.2) is 15.0 Å². The standard InChI is InChI=1S/C18H30N9/c1-6-26-16(21)15(11(2)24-26)22-17-13(19)9-14(20)18(23-17)25-8-7-12(10-25)27(3,4)5/h9,12,21H,6-8,10,19-20H2,1-5H3/q+1. The number of likely N-dealkylation sites (N-methyl/N-ethyl adjacent to an activating group) is 1. The zero-order chi connectivity index (χ0) is 19.9. The van der Waals surface area contributed by atoms with Crippen LogP contribution >= 0.6 is 0 Å². The Morgan fingerprint density at radius 1 is 1.30 bits per heavy atom. The van der Waals surface area contributed by atoms with Crippen molar-refractivity contribution in [1.29, 1.82) is 5.41 Å². The first-order chi connectivity index (χ1) is 12.6. The highest BCUT2D eigenvalue weighted by Gasteiger charge is 2.34. The molecule has 27 heavy (non-hydrogen) atoms. The third-order valence-corrected chi connectivity index (χ3v) is 5.21. The van der Waals surface area contributed by atoms with Gasteiger partial charge in [0, 0.05) is 19.5 Å². The summed E-state index contributed by atoms with van der Waals surface area (Å²) in [5.74, 6) is 1.37. The fourth-order valence-corrected chi connectivity index (χ4v) is 3.48. The van der Waals surface area contributed by atoms with E-state index in [4.69, 9.17) is 16.9 Å². The molecule has 0 aromatic carbocycles. The molecule has 1 saturated heterocycles. The van der Waals surface area contributed by atoms with Crippen LogP contribution in [0, 0.1) is 5.41 Å². The topological polar surface area (TPSA) is 120 Å². The summed E-state index contributed by atoms with van der Waals surface area (Å²) >= 11 is 0. The molecule has 0 saturated carbocycles. The summed E-state index contributed by atoms with van der Waals surface area (Å²) in [5.41, 5.74) is 14.5. The van der Waals surface area contributed by atoms with E-state index in [1.165, 1.54) is 0 Å². The van der Waals surface area contributed by atoms with Crippen LogP contribution < -0.4 is 16.4 Å². The number of hydrogen-bond donors (Lipinski definition) is 3. The van der Waals surface area contributed by atoms with E-state index in [1.54, 1.807) is 11.1 Å². The molecule has 9 heteroatoms. The molecule has 0 spiro atoms. The van der Waals surface area contributed by atoms with E-state index in [-0.39, 0.29) is 5.84 Å². The van der Waals surface area contributed by atoms with Gasteiger partial charge >= 0.3 is 0 Å². The lowest BCUT2D eigenvalue weighted by atomic mass is 10.2. The number of nitrogen functional groups attached to an aromatic ring is 2. The zero-order valence-corrected chi connectivity index (χ0v) is 16.8. The lowest BCUT2D eigenvalue weighted by Gasteiger charge is -2.31. The van der Waals surface area contributed by atoms with Gasteiger partial charge in [-0.05, 0) is 19.9 Å². The maximum Gasteiger partial charge on any atom is 0.178 e. The molecule has 2 aliphatic heterocycles. The van der Waals surface area contributed by atoms with Crippen molar-refractivity contribution in [1.82, 2.24) is 9.99 Å². The van der Waals surface area contributed by atoms with Crippen LogP contribution in [-0.4, -0.2) is 78.6 Å². The summed E-state index contributed by atoms with van der Waals surface area (Å²) in [7, 11) is 6.62. The number of anilines is 3. The minimum Gasteiger partial charge on any atom is -0.396 e. The van der Waals surface area contributed by atoms with Gasteiger partial charge in [-0.1, -0.05) is 0 Å². The van der Waals surface area contributed by atoms with Crippen LogP contribution in [0.1, 0.15) is 20.3 Å². The van der Waals surface area contributed by atoms with Crippen molar-refractivity contribution in [2.75, 3.05) is 57.1 Å². The van der Waals surface area contributed by atoms with Gasteiger partial charge in [-0.15, -0.1) is 0 Å². The van der Waals surface area contributed by atoms with Crippen molar-refractivity contribution >= 4 is 40.3 Å². The predicted octanol–water partition coefficient (Wildman–Crippen LogP) is 1.29. The molecule has 1 unspecified atom stereocenters. The maximum atomic E-state index is 8.25. The van der Waals surface area contributed by atoms with Crippen LogP contribution in [0.25, 0.3) is 0 Å². The highest BCUT2D eigenvalue weighted by Crippen LogP contribution is 2.33. The molecule has 1 fully saturated rings. The van der Waals surface area contributed by atoms with Crippen LogP contribution in [0.15, 0.2) is 16.2 Å². The van der Waals surface area contributed by atoms with Crippen molar-refractivity contribution in [2.45, 2.75) is 26.3 Å². The number of aromatic nitrogens is 1. The highest BCUT2D eigenvalue weighted by atomic mass is 15.5. The molecule has 1 aromatic heterocycles. The Labute approximate surface area is 160 Å². The Morgan fingerprint density at radius 2 is 2.00 bits per heavy atom. The molecule has 0 amide bonds. The SMILES string of the molecule is CCN1N=C(C)C(=Nc2nc(N3CCC([N+](C)(C)C)C3)c(N)cc2N)C1=N. The minimum absolute atomic E-state index is 0.265. The van der Waals surface area contributed by atoms with E-state index in [1.807, 2.05) is 13.8 Å². The number of nitrogens with one attached hydrogen (secondary N) is 1. The van der Waals surface area contributed by atoms with Gasteiger partial charge in [0.2, 0.25) is 0 Å². The molecule has 3 heterocycles. The molecule has 0 aliphatic carbocycles. The maximum absolute atomic E-state index is 8.25. The number of pyridine rings is 1. The second-order valence-corrected chi connectivity index (χ2v) is 8.03. The molecule has 146 valence electrons. The normalized spacial score (nSPS) is 22.1. The first-order valence-corrected chi connectivity index (χ1v) is 9.24. The average molecular weight is 373 g/mol. The second-order valence-electron chi connectivity index (χ2n) is 8.03. The Morgan fingerprint density at radius 3 is 2.56 bits per heavy atom. The Hall–Kier alpha value is -2.68. The van der Waals surface area contributed by atoms with Gasteiger partial charge in [0.25, 0.3) is 0 Å². The van der Waals surface area contributed by atoms with Crippen molar-refractivity contribution in [3.8, 4) is 0 Å². The number of aliphatic imine (C=N–C) groups is 1. The molecule has 2 aliphatic rings. The molecular weight excluding hydrogens is 342 g/mol. The summed E-state index contributed by atoms with van der Waals surface area (Å²) < 4.78 is 0.903. The highest BCUT2D eigenvalue weighted by molar-refractivity contribution is 6.69. The quantitative estimate of drug-likeness (QED) is 0.688. The average Bonchev–Trinajstić information content (AvgIpc) is 3.17. The van der Waals surface area contributed by atoms with Gasteiger partial charge in [0.15, 0.2) is 17.5 Å². The molecule has 3 rings (SSSR count). The summed E-state index contributed by atoms with van der Waals surface area (Å²) in [4.78, 5) is 11.4. The fraction of sp³-hybridized carbons (Fsp3) is 0.556. The zero-order valence-electron chi connectivity index (χ0n) is 16.8. The Bertz CT molecular complexity index is 819. The van der Waals surface area contributed by atoms with E-state index in [0.717, 1.165) is 24.0 Å². The molecule has 0 bridgehead atoms. The number of rotatable bonds is 4. The van der Waals surface area contributed by atoms with Crippen molar-refractivity contribution in [2.24, 2.45) is 10.1 Å². The smallest absolute Gasteiger partial charge is 0.178 e. The van der Waals surface area contributed by atoms with Crippen LogP contribution in [0.3, 0.4) is 0 Å². The Kier molecular flexibility index (Phi) is 4.81. The van der Waals surface area contributed by atoms with Crippen molar-refractivity contribution in [3.05, 3.63) is 6.07 Å². The number of quaternary nitrogens is 1. The number of nitrogens with two attached hydrogens (primary N) is 2. The summed E-state index contributed by atoms with van der Waals surface area (Å²) in [6.45, 7) is 6.19. The molecule has 1 aromatic rings. The lowest BCUT2D eigenvalue weighted by Crippen LogP contribution is -2.46. The minimum atomic E-state index is 0.265. The Balaban J connectivity index is 1.93. The summed E-state index contributed by atoms with van der Waals surface area (Å²) in [5, 5.41) is 14.2. The van der Waals surface area contributed by atoms with Gasteiger partial charge in [-0.3, -0.25) is 5.41 Å².